The number of carbonyl (C=O) groups is 2. The Bertz CT molecular complexity index is 1030. The van der Waals surface area contributed by atoms with Crippen LogP contribution in [0.2, 0.25) is 0 Å². The van der Waals surface area contributed by atoms with Gasteiger partial charge in [0.05, 0.1) is 6.42 Å². The molecule has 0 aliphatic carbocycles. The summed E-state index contributed by atoms with van der Waals surface area (Å²) in [6.45, 7) is 2.08. The smallest absolute Gasteiger partial charge is 0.260 e. The molecule has 2 aromatic carbocycles. The average Bonchev–Trinajstić information content (AvgIpc) is 2.84. The Kier molecular flexibility index (Phi) is 7.12. The van der Waals surface area contributed by atoms with Gasteiger partial charge in [0.2, 0.25) is 5.91 Å². The van der Waals surface area contributed by atoms with E-state index in [-0.39, 0.29) is 24.8 Å². The number of nitrogens with zero attached hydrogens (tertiary/aromatic N) is 3. The molecule has 3 aromatic rings. The highest BCUT2D eigenvalue weighted by molar-refractivity contribution is 5.80. The quantitative estimate of drug-likeness (QED) is 0.579. The van der Waals surface area contributed by atoms with Crippen LogP contribution in [0.3, 0.4) is 0 Å². The van der Waals surface area contributed by atoms with Crippen LogP contribution < -0.4 is 4.74 Å². The second kappa shape index (κ2) is 10.6. The van der Waals surface area contributed by atoms with Crippen LogP contribution in [0.5, 0.6) is 5.75 Å². The molecule has 0 spiro atoms. The second-order valence-electron chi connectivity index (χ2n) is 7.82. The predicted molar refractivity (Wildman–Crippen MR) is 122 cm³/mol. The third kappa shape index (κ3) is 5.72. The first-order valence-electron chi connectivity index (χ1n) is 10.9. The highest BCUT2D eigenvalue weighted by Gasteiger charge is 2.24. The second-order valence-corrected chi connectivity index (χ2v) is 7.82. The summed E-state index contributed by atoms with van der Waals surface area (Å²) in [7, 11) is 0. The number of carbonyl (C=O) groups excluding carboxylic acids is 2. The maximum atomic E-state index is 12.7. The molecule has 2 amide bonds. The van der Waals surface area contributed by atoms with Gasteiger partial charge in [-0.1, -0.05) is 54.6 Å². The lowest BCUT2D eigenvalue weighted by Gasteiger charge is -2.34. The predicted octanol–water partition coefficient (Wildman–Crippen LogP) is 2.96. The number of hydrogen-bond donors (Lipinski definition) is 0. The van der Waals surface area contributed by atoms with Gasteiger partial charge in [-0.3, -0.25) is 14.6 Å². The molecule has 0 N–H and O–H groups in total. The summed E-state index contributed by atoms with van der Waals surface area (Å²) >= 11 is 0. The minimum Gasteiger partial charge on any atom is -0.483 e. The number of rotatable bonds is 7. The fourth-order valence-corrected chi connectivity index (χ4v) is 3.81. The molecule has 4 rings (SSSR count). The molecule has 1 saturated heterocycles. The Hall–Kier alpha value is -3.67. The van der Waals surface area contributed by atoms with Crippen LogP contribution >= 0.6 is 0 Å². The summed E-state index contributed by atoms with van der Waals surface area (Å²) in [5.41, 5.74) is 3.01. The van der Waals surface area contributed by atoms with Gasteiger partial charge in [-0.15, -0.1) is 0 Å². The molecule has 1 fully saturated rings. The zero-order chi connectivity index (χ0) is 22.2. The van der Waals surface area contributed by atoms with Crippen LogP contribution in [-0.2, 0) is 22.4 Å². The maximum absolute atomic E-state index is 12.7. The van der Waals surface area contributed by atoms with E-state index < -0.39 is 0 Å². The number of benzene rings is 2. The van der Waals surface area contributed by atoms with Gasteiger partial charge < -0.3 is 14.5 Å². The first kappa shape index (κ1) is 21.6. The summed E-state index contributed by atoms with van der Waals surface area (Å²) in [5.74, 6) is 0.715. The minimum absolute atomic E-state index is 0.00627. The fourth-order valence-electron chi connectivity index (χ4n) is 3.81. The van der Waals surface area contributed by atoms with Crippen LogP contribution in [0.1, 0.15) is 16.8 Å². The van der Waals surface area contributed by atoms with E-state index in [9.17, 15) is 9.59 Å². The molecule has 1 aromatic heterocycles. The Labute approximate surface area is 188 Å². The van der Waals surface area contributed by atoms with E-state index in [4.69, 9.17) is 4.74 Å². The number of para-hydroxylation sites is 1. The van der Waals surface area contributed by atoms with Crippen molar-refractivity contribution in [2.45, 2.75) is 12.8 Å². The first-order chi connectivity index (χ1) is 15.7. The van der Waals surface area contributed by atoms with E-state index in [2.05, 4.69) is 17.1 Å². The number of aromatic nitrogens is 1. The maximum Gasteiger partial charge on any atom is 0.260 e. The summed E-state index contributed by atoms with van der Waals surface area (Å²) in [6, 6.07) is 23.6. The van der Waals surface area contributed by atoms with Crippen LogP contribution in [0.4, 0.5) is 0 Å². The summed E-state index contributed by atoms with van der Waals surface area (Å²) in [4.78, 5) is 33.0. The van der Waals surface area contributed by atoms with Crippen molar-refractivity contribution in [1.82, 2.24) is 14.8 Å². The molecule has 0 atom stereocenters. The lowest BCUT2D eigenvalue weighted by atomic mass is 10.0. The van der Waals surface area contributed by atoms with Crippen molar-refractivity contribution in [3.8, 4) is 5.75 Å². The molecule has 0 radical (unpaired) electrons. The molecule has 2 heterocycles. The van der Waals surface area contributed by atoms with Crippen LogP contribution in [-0.4, -0.2) is 59.4 Å². The third-order valence-electron chi connectivity index (χ3n) is 5.60. The van der Waals surface area contributed by atoms with Gasteiger partial charge in [-0.25, -0.2) is 0 Å². The van der Waals surface area contributed by atoms with Crippen LogP contribution in [0.25, 0.3) is 0 Å². The standard InChI is InChI=1S/C26H27N3O3/c30-25(19-23-11-6-7-13-27-23)28-14-16-29(17-15-28)26(31)20-32-24-12-5-4-10-22(24)18-21-8-2-1-3-9-21/h1-13H,14-20H2. The zero-order valence-electron chi connectivity index (χ0n) is 18.0. The van der Waals surface area contributed by atoms with E-state index >= 15 is 0 Å². The third-order valence-corrected chi connectivity index (χ3v) is 5.60. The Morgan fingerprint density at radius 2 is 1.44 bits per heavy atom. The topological polar surface area (TPSA) is 62.7 Å². The molecular weight excluding hydrogens is 402 g/mol. The Morgan fingerprint density at radius 3 is 2.16 bits per heavy atom. The monoisotopic (exact) mass is 429 g/mol. The van der Waals surface area contributed by atoms with Gasteiger partial charge in [0.15, 0.2) is 6.61 Å². The van der Waals surface area contributed by atoms with E-state index in [1.54, 1.807) is 16.0 Å². The SMILES string of the molecule is O=C(COc1ccccc1Cc1ccccc1)N1CCN(C(=O)Cc2ccccn2)CC1. The van der Waals surface area contributed by atoms with Crippen molar-refractivity contribution in [1.29, 1.82) is 0 Å². The van der Waals surface area contributed by atoms with Gasteiger partial charge in [-0.05, 0) is 29.3 Å². The number of ether oxygens (including phenoxy) is 1. The Balaban J connectivity index is 1.26. The van der Waals surface area contributed by atoms with E-state index in [1.165, 1.54) is 5.56 Å². The zero-order valence-corrected chi connectivity index (χ0v) is 18.0. The molecule has 1 aliphatic rings. The van der Waals surface area contributed by atoms with Crippen molar-refractivity contribution in [2.75, 3.05) is 32.8 Å². The molecule has 32 heavy (non-hydrogen) atoms. The van der Waals surface area contributed by atoms with Gasteiger partial charge in [0.1, 0.15) is 5.75 Å². The number of piperazine rings is 1. The molecule has 0 bridgehead atoms. The van der Waals surface area contributed by atoms with Gasteiger partial charge in [0, 0.05) is 44.5 Å². The highest BCUT2D eigenvalue weighted by Crippen LogP contribution is 2.21. The van der Waals surface area contributed by atoms with Gasteiger partial charge in [0.25, 0.3) is 5.91 Å². The molecule has 0 saturated carbocycles. The van der Waals surface area contributed by atoms with Crippen LogP contribution in [0, 0.1) is 0 Å². The molecule has 6 nitrogen and oxygen atoms in total. The number of pyridine rings is 1. The van der Waals surface area contributed by atoms with Crippen molar-refractivity contribution < 1.29 is 14.3 Å². The fraction of sp³-hybridized carbons (Fsp3) is 0.269. The molecule has 1 aliphatic heterocycles. The molecular formula is C26H27N3O3. The van der Waals surface area contributed by atoms with Gasteiger partial charge in [-0.2, -0.15) is 0 Å². The largest absolute Gasteiger partial charge is 0.483 e. The van der Waals surface area contributed by atoms with Crippen molar-refractivity contribution in [2.24, 2.45) is 0 Å². The average molecular weight is 430 g/mol. The van der Waals surface area contributed by atoms with Crippen molar-refractivity contribution in [3.05, 3.63) is 95.8 Å². The molecule has 6 heteroatoms. The normalized spacial score (nSPS) is 13.6. The van der Waals surface area contributed by atoms with E-state index in [0.29, 0.717) is 26.2 Å². The number of amides is 2. The summed E-state index contributed by atoms with van der Waals surface area (Å²) in [5, 5.41) is 0. The van der Waals surface area contributed by atoms with Crippen molar-refractivity contribution in [3.63, 3.8) is 0 Å². The van der Waals surface area contributed by atoms with Crippen LogP contribution in [0.15, 0.2) is 79.0 Å². The van der Waals surface area contributed by atoms with Gasteiger partial charge >= 0.3 is 0 Å². The van der Waals surface area contributed by atoms with E-state index in [1.807, 2.05) is 60.7 Å². The molecule has 0 unspecified atom stereocenters. The summed E-state index contributed by atoms with van der Waals surface area (Å²) in [6.07, 6.45) is 2.73. The first-order valence-corrected chi connectivity index (χ1v) is 10.9. The molecule has 164 valence electrons. The summed E-state index contributed by atoms with van der Waals surface area (Å²) < 4.78 is 5.90. The lowest BCUT2D eigenvalue weighted by molar-refractivity contribution is -0.140. The number of hydrogen-bond acceptors (Lipinski definition) is 4. The van der Waals surface area contributed by atoms with Crippen molar-refractivity contribution >= 4 is 11.8 Å². The highest BCUT2D eigenvalue weighted by atomic mass is 16.5. The lowest BCUT2D eigenvalue weighted by Crippen LogP contribution is -2.52. The Morgan fingerprint density at radius 1 is 0.781 bits per heavy atom. The minimum atomic E-state index is -0.0589. The van der Waals surface area contributed by atoms with E-state index in [0.717, 1.165) is 23.4 Å².